The zero-order chi connectivity index (χ0) is 13.8. The Morgan fingerprint density at radius 2 is 2.16 bits per heavy atom. The smallest absolute Gasteiger partial charge is 0.135 e. The Labute approximate surface area is 118 Å². The van der Waals surface area contributed by atoms with Crippen LogP contribution >= 0.6 is 11.6 Å². The number of aromatic nitrogens is 4. The van der Waals surface area contributed by atoms with Gasteiger partial charge in [-0.15, -0.1) is 0 Å². The number of nitrogens with zero attached hydrogens (tertiary/aromatic N) is 4. The fourth-order valence-electron chi connectivity index (χ4n) is 1.75. The average molecular weight is 280 g/mol. The monoisotopic (exact) mass is 279 g/mol. The van der Waals surface area contributed by atoms with Crippen molar-refractivity contribution in [3.05, 3.63) is 35.0 Å². The molecule has 0 aliphatic rings. The van der Waals surface area contributed by atoms with E-state index in [-0.39, 0.29) is 5.92 Å². The van der Waals surface area contributed by atoms with Gasteiger partial charge in [0.1, 0.15) is 16.8 Å². The number of hydrogen-bond acceptors (Lipinski definition) is 4. The third kappa shape index (κ3) is 3.67. The highest BCUT2D eigenvalue weighted by atomic mass is 35.5. The van der Waals surface area contributed by atoms with Crippen LogP contribution in [0.2, 0.25) is 5.15 Å². The summed E-state index contributed by atoms with van der Waals surface area (Å²) in [5, 5.41) is 7.88. The van der Waals surface area contributed by atoms with E-state index in [0.29, 0.717) is 5.15 Å². The van der Waals surface area contributed by atoms with Crippen LogP contribution in [0.25, 0.3) is 0 Å². The van der Waals surface area contributed by atoms with Crippen molar-refractivity contribution in [2.75, 3.05) is 11.9 Å². The molecule has 2 aromatic heterocycles. The lowest BCUT2D eigenvalue weighted by atomic mass is 10.2. The second-order valence-corrected chi connectivity index (χ2v) is 5.10. The maximum absolute atomic E-state index is 5.99. The summed E-state index contributed by atoms with van der Waals surface area (Å²) in [4.78, 5) is 8.65. The third-order valence-electron chi connectivity index (χ3n) is 2.84. The highest BCUT2D eigenvalue weighted by Gasteiger charge is 2.07. The summed E-state index contributed by atoms with van der Waals surface area (Å²) in [6.07, 6.45) is 2.68. The molecule has 102 valence electrons. The molecule has 19 heavy (non-hydrogen) atoms. The zero-order valence-corrected chi connectivity index (χ0v) is 12.1. The predicted octanol–water partition coefficient (Wildman–Crippen LogP) is 2.64. The van der Waals surface area contributed by atoms with Crippen molar-refractivity contribution >= 4 is 17.4 Å². The lowest BCUT2D eigenvalue weighted by Gasteiger charge is -2.09. The van der Waals surface area contributed by atoms with Gasteiger partial charge in [-0.3, -0.25) is 4.68 Å². The first-order chi connectivity index (χ1) is 9.06. The van der Waals surface area contributed by atoms with Crippen molar-refractivity contribution in [1.29, 1.82) is 0 Å². The summed E-state index contributed by atoms with van der Waals surface area (Å²) in [7, 11) is 1.94. The molecule has 0 saturated carbocycles. The molecule has 6 heteroatoms. The topological polar surface area (TPSA) is 55.6 Å². The molecule has 1 N–H and O–H groups in total. The molecule has 0 spiro atoms. The summed E-state index contributed by atoms with van der Waals surface area (Å²) in [5.74, 6) is 1.79. The minimum Gasteiger partial charge on any atom is -0.370 e. The first kappa shape index (κ1) is 13.8. The van der Waals surface area contributed by atoms with Crippen LogP contribution in [0.5, 0.6) is 0 Å². The van der Waals surface area contributed by atoms with E-state index in [1.807, 2.05) is 31.6 Å². The van der Waals surface area contributed by atoms with Crippen LogP contribution in [0.3, 0.4) is 0 Å². The standard InChI is InChI=1S/C13H18ClN5/c1-9(2)13-17-11(14)8-12(18-13)15-6-4-10-5-7-16-19(10)3/h5,7-9H,4,6H2,1-3H3,(H,15,17,18). The van der Waals surface area contributed by atoms with Crippen molar-refractivity contribution in [3.8, 4) is 0 Å². The van der Waals surface area contributed by atoms with E-state index in [1.54, 1.807) is 12.3 Å². The average Bonchev–Trinajstić information content (AvgIpc) is 2.74. The fourth-order valence-corrected chi connectivity index (χ4v) is 1.94. The predicted molar refractivity (Wildman–Crippen MR) is 76.5 cm³/mol. The van der Waals surface area contributed by atoms with Crippen LogP contribution in [0.4, 0.5) is 5.82 Å². The molecule has 0 aliphatic carbocycles. The second kappa shape index (κ2) is 6.02. The Morgan fingerprint density at radius 1 is 1.37 bits per heavy atom. The Kier molecular flexibility index (Phi) is 4.37. The molecule has 5 nitrogen and oxygen atoms in total. The van der Waals surface area contributed by atoms with Crippen molar-refractivity contribution in [3.63, 3.8) is 0 Å². The number of rotatable bonds is 5. The molecule has 0 saturated heterocycles. The highest BCUT2D eigenvalue weighted by molar-refractivity contribution is 6.29. The Bertz CT molecular complexity index is 550. The Hall–Kier alpha value is -1.62. The van der Waals surface area contributed by atoms with E-state index < -0.39 is 0 Å². The van der Waals surface area contributed by atoms with Gasteiger partial charge in [0.15, 0.2) is 0 Å². The van der Waals surface area contributed by atoms with Gasteiger partial charge in [0.25, 0.3) is 0 Å². The molecular formula is C13H18ClN5. The van der Waals surface area contributed by atoms with Crippen LogP contribution < -0.4 is 5.32 Å². The number of anilines is 1. The second-order valence-electron chi connectivity index (χ2n) is 4.71. The van der Waals surface area contributed by atoms with Crippen LogP contribution in [0, 0.1) is 0 Å². The lowest BCUT2D eigenvalue weighted by molar-refractivity contribution is 0.710. The molecule has 0 fully saturated rings. The summed E-state index contributed by atoms with van der Waals surface area (Å²) >= 11 is 5.99. The Morgan fingerprint density at radius 3 is 2.79 bits per heavy atom. The number of nitrogens with one attached hydrogen (secondary N) is 1. The normalized spacial score (nSPS) is 11.0. The van der Waals surface area contributed by atoms with E-state index in [4.69, 9.17) is 11.6 Å². The van der Waals surface area contributed by atoms with Crippen molar-refractivity contribution in [2.24, 2.45) is 7.05 Å². The van der Waals surface area contributed by atoms with Crippen molar-refractivity contribution < 1.29 is 0 Å². The molecule has 0 radical (unpaired) electrons. The van der Waals surface area contributed by atoms with Crippen molar-refractivity contribution in [1.82, 2.24) is 19.7 Å². The summed E-state index contributed by atoms with van der Waals surface area (Å²) in [6.45, 7) is 4.88. The minimum atomic E-state index is 0.260. The molecule has 0 unspecified atom stereocenters. The van der Waals surface area contributed by atoms with Crippen molar-refractivity contribution in [2.45, 2.75) is 26.2 Å². The van der Waals surface area contributed by atoms with Crippen LogP contribution in [0.15, 0.2) is 18.3 Å². The molecule has 0 bridgehead atoms. The van der Waals surface area contributed by atoms with E-state index in [9.17, 15) is 0 Å². The number of hydrogen-bond donors (Lipinski definition) is 1. The summed E-state index contributed by atoms with van der Waals surface area (Å²) in [5.41, 5.74) is 1.18. The maximum atomic E-state index is 5.99. The van der Waals surface area contributed by atoms with Crippen LogP contribution in [0.1, 0.15) is 31.3 Å². The summed E-state index contributed by atoms with van der Waals surface area (Å²) in [6, 6.07) is 3.75. The fraction of sp³-hybridized carbons (Fsp3) is 0.462. The maximum Gasteiger partial charge on any atom is 0.135 e. The molecule has 0 aromatic carbocycles. The van der Waals surface area contributed by atoms with Gasteiger partial charge in [-0.2, -0.15) is 5.10 Å². The first-order valence-corrected chi connectivity index (χ1v) is 6.69. The molecule has 2 aromatic rings. The van der Waals surface area contributed by atoms with Crippen LogP contribution in [-0.4, -0.2) is 26.3 Å². The highest BCUT2D eigenvalue weighted by Crippen LogP contribution is 2.16. The van der Waals surface area contributed by atoms with Crippen LogP contribution in [-0.2, 0) is 13.5 Å². The van der Waals surface area contributed by atoms with Gasteiger partial charge in [0.2, 0.25) is 0 Å². The van der Waals surface area contributed by atoms with E-state index in [0.717, 1.165) is 24.6 Å². The quantitative estimate of drug-likeness (QED) is 0.855. The molecular weight excluding hydrogens is 262 g/mol. The molecule has 0 amide bonds. The van der Waals surface area contributed by atoms with Gasteiger partial charge in [0.05, 0.1) is 0 Å². The van der Waals surface area contributed by atoms with Gasteiger partial charge in [0, 0.05) is 43.9 Å². The van der Waals surface area contributed by atoms with E-state index in [1.165, 1.54) is 5.69 Å². The van der Waals surface area contributed by atoms with E-state index >= 15 is 0 Å². The lowest BCUT2D eigenvalue weighted by Crippen LogP contribution is -2.10. The van der Waals surface area contributed by atoms with Gasteiger partial charge >= 0.3 is 0 Å². The third-order valence-corrected chi connectivity index (χ3v) is 3.03. The van der Waals surface area contributed by atoms with Gasteiger partial charge in [-0.1, -0.05) is 25.4 Å². The first-order valence-electron chi connectivity index (χ1n) is 6.31. The molecule has 2 heterocycles. The zero-order valence-electron chi connectivity index (χ0n) is 11.4. The molecule has 2 rings (SSSR count). The summed E-state index contributed by atoms with van der Waals surface area (Å²) < 4.78 is 1.87. The van der Waals surface area contributed by atoms with Gasteiger partial charge in [-0.05, 0) is 6.07 Å². The van der Waals surface area contributed by atoms with Gasteiger partial charge in [-0.25, -0.2) is 9.97 Å². The molecule has 0 atom stereocenters. The SMILES string of the molecule is CC(C)c1nc(Cl)cc(NCCc2ccnn2C)n1. The Balaban J connectivity index is 1.98. The largest absolute Gasteiger partial charge is 0.370 e. The van der Waals surface area contributed by atoms with Gasteiger partial charge < -0.3 is 5.32 Å². The van der Waals surface area contributed by atoms with E-state index in [2.05, 4.69) is 20.4 Å². The number of aryl methyl sites for hydroxylation is 1. The number of halogens is 1. The molecule has 0 aliphatic heterocycles. The minimum absolute atomic E-state index is 0.260.